The summed E-state index contributed by atoms with van der Waals surface area (Å²) in [5, 5.41) is 3.72. The van der Waals surface area contributed by atoms with Gasteiger partial charge in [-0.05, 0) is 19.1 Å². The van der Waals surface area contributed by atoms with E-state index in [4.69, 9.17) is 15.2 Å². The van der Waals surface area contributed by atoms with Crippen molar-refractivity contribution >= 4 is 17.5 Å². The fraction of sp³-hybridized carbons (Fsp3) is 0.308. The molecule has 7 nitrogen and oxygen atoms in total. The van der Waals surface area contributed by atoms with Gasteiger partial charge in [-0.15, -0.1) is 0 Å². The lowest BCUT2D eigenvalue weighted by molar-refractivity contribution is -0.123. The normalized spacial score (nSPS) is 10.8. The predicted molar refractivity (Wildman–Crippen MR) is 73.6 cm³/mol. The molecule has 2 amide bonds. The molecule has 0 aliphatic rings. The van der Waals surface area contributed by atoms with Crippen LogP contribution in [0.1, 0.15) is 13.3 Å². The third-order valence-electron chi connectivity index (χ3n) is 2.23. The van der Waals surface area contributed by atoms with Crippen molar-refractivity contribution in [3.05, 3.63) is 24.3 Å². The number of ether oxygens (including phenoxy) is 2. The number of nitrogens with zero attached hydrogens (tertiary/aromatic N) is 1. The zero-order valence-corrected chi connectivity index (χ0v) is 11.4. The Balaban J connectivity index is 2.45. The average molecular weight is 279 g/mol. The Bertz CT molecular complexity index is 514. The van der Waals surface area contributed by atoms with E-state index in [1.54, 1.807) is 31.2 Å². The Morgan fingerprint density at radius 3 is 2.55 bits per heavy atom. The van der Waals surface area contributed by atoms with E-state index in [0.29, 0.717) is 17.2 Å². The molecule has 0 aromatic heterocycles. The molecule has 7 heteroatoms. The lowest BCUT2D eigenvalue weighted by Crippen LogP contribution is -2.26. The topological polar surface area (TPSA) is 103 Å². The van der Waals surface area contributed by atoms with E-state index >= 15 is 0 Å². The maximum Gasteiger partial charge on any atom is 0.277 e. The van der Waals surface area contributed by atoms with Gasteiger partial charge in [0.25, 0.3) is 5.91 Å². The molecule has 0 aliphatic carbocycles. The Kier molecular flexibility index (Phi) is 6.02. The molecular weight excluding hydrogens is 262 g/mol. The Morgan fingerprint density at radius 2 is 1.95 bits per heavy atom. The molecule has 0 unspecified atom stereocenters. The van der Waals surface area contributed by atoms with Crippen LogP contribution in [0.3, 0.4) is 0 Å². The summed E-state index contributed by atoms with van der Waals surface area (Å²) in [6, 6.07) is 6.98. The summed E-state index contributed by atoms with van der Waals surface area (Å²) >= 11 is 0. The summed E-state index contributed by atoms with van der Waals surface area (Å²) in [6.07, 6.45) is -0.00630. The van der Waals surface area contributed by atoms with Crippen molar-refractivity contribution in [3.8, 4) is 11.5 Å². The number of amides is 2. The van der Waals surface area contributed by atoms with Gasteiger partial charge in [-0.1, -0.05) is 12.1 Å². The molecule has 0 radical (unpaired) electrons. The predicted octanol–water partition coefficient (Wildman–Crippen LogP) is 0.441. The molecule has 0 saturated carbocycles. The number of para-hydroxylation sites is 2. The average Bonchev–Trinajstić information content (AvgIpc) is 2.42. The van der Waals surface area contributed by atoms with Crippen LogP contribution < -0.4 is 20.6 Å². The molecule has 0 heterocycles. The van der Waals surface area contributed by atoms with Crippen LogP contribution in [-0.2, 0) is 9.59 Å². The first-order chi connectivity index (χ1) is 9.52. The lowest BCUT2D eigenvalue weighted by Gasteiger charge is -2.09. The number of nitrogens with one attached hydrogen (secondary N) is 1. The molecule has 0 saturated heterocycles. The van der Waals surface area contributed by atoms with E-state index in [9.17, 15) is 9.59 Å². The monoisotopic (exact) mass is 279 g/mol. The van der Waals surface area contributed by atoms with E-state index in [1.807, 2.05) is 0 Å². The van der Waals surface area contributed by atoms with Crippen LogP contribution in [0, 0.1) is 0 Å². The Hall–Kier alpha value is -2.57. The zero-order chi connectivity index (χ0) is 15.0. The second-order valence-electron chi connectivity index (χ2n) is 3.96. The van der Waals surface area contributed by atoms with Crippen LogP contribution in [0.5, 0.6) is 11.5 Å². The molecule has 1 rings (SSSR count). The molecule has 0 aliphatic heterocycles. The molecular formula is C13H17N3O4. The zero-order valence-electron chi connectivity index (χ0n) is 11.4. The largest absolute Gasteiger partial charge is 0.493 e. The summed E-state index contributed by atoms with van der Waals surface area (Å²) in [6.45, 7) is 1.37. The SMILES string of the molecule is COc1ccccc1OCC(=O)N/N=C(\C)CC(N)=O. The van der Waals surface area contributed by atoms with Crippen LogP contribution in [-0.4, -0.2) is 31.2 Å². The van der Waals surface area contributed by atoms with Crippen molar-refractivity contribution < 1.29 is 19.1 Å². The first-order valence-electron chi connectivity index (χ1n) is 5.89. The summed E-state index contributed by atoms with van der Waals surface area (Å²) < 4.78 is 10.4. The van der Waals surface area contributed by atoms with Gasteiger partial charge < -0.3 is 15.2 Å². The number of methoxy groups -OCH3 is 1. The number of hydrogen-bond acceptors (Lipinski definition) is 5. The number of rotatable bonds is 7. The van der Waals surface area contributed by atoms with Crippen LogP contribution >= 0.6 is 0 Å². The van der Waals surface area contributed by atoms with Crippen molar-refractivity contribution in [1.29, 1.82) is 0 Å². The van der Waals surface area contributed by atoms with Gasteiger partial charge in [0.15, 0.2) is 18.1 Å². The van der Waals surface area contributed by atoms with Crippen molar-refractivity contribution in [1.82, 2.24) is 5.43 Å². The highest BCUT2D eigenvalue weighted by Crippen LogP contribution is 2.25. The third kappa shape index (κ3) is 5.38. The number of carbonyl (C=O) groups excluding carboxylic acids is 2. The van der Waals surface area contributed by atoms with Gasteiger partial charge in [0.2, 0.25) is 5.91 Å². The van der Waals surface area contributed by atoms with E-state index < -0.39 is 11.8 Å². The van der Waals surface area contributed by atoms with Crippen LogP contribution in [0.4, 0.5) is 0 Å². The Labute approximate surface area is 116 Å². The molecule has 1 aromatic rings. The second-order valence-corrected chi connectivity index (χ2v) is 3.96. The van der Waals surface area contributed by atoms with Crippen molar-refractivity contribution in [2.45, 2.75) is 13.3 Å². The van der Waals surface area contributed by atoms with Crippen LogP contribution in [0.15, 0.2) is 29.4 Å². The molecule has 0 bridgehead atoms. The molecule has 0 spiro atoms. The highest BCUT2D eigenvalue weighted by molar-refractivity contribution is 5.99. The first-order valence-corrected chi connectivity index (χ1v) is 5.89. The maximum atomic E-state index is 11.5. The van der Waals surface area contributed by atoms with Gasteiger partial charge in [0, 0.05) is 5.71 Å². The van der Waals surface area contributed by atoms with Crippen molar-refractivity contribution in [2.24, 2.45) is 10.8 Å². The fourth-order valence-electron chi connectivity index (χ4n) is 1.36. The standard InChI is InChI=1S/C13H17N3O4/c1-9(7-12(14)17)15-16-13(18)8-20-11-6-4-3-5-10(11)19-2/h3-6H,7-8H2,1-2H3,(H2,14,17)(H,16,18)/b15-9+. The first kappa shape index (κ1) is 15.5. The molecule has 1 aromatic carbocycles. The van der Waals surface area contributed by atoms with Gasteiger partial charge >= 0.3 is 0 Å². The number of hydrogen-bond donors (Lipinski definition) is 2. The third-order valence-corrected chi connectivity index (χ3v) is 2.23. The smallest absolute Gasteiger partial charge is 0.277 e. The quantitative estimate of drug-likeness (QED) is 0.558. The molecule has 20 heavy (non-hydrogen) atoms. The summed E-state index contributed by atoms with van der Waals surface area (Å²) in [7, 11) is 1.51. The molecule has 0 atom stereocenters. The van der Waals surface area contributed by atoms with Gasteiger partial charge in [-0.3, -0.25) is 9.59 Å². The number of carbonyl (C=O) groups is 2. The van der Waals surface area contributed by atoms with E-state index in [1.165, 1.54) is 7.11 Å². The van der Waals surface area contributed by atoms with Crippen molar-refractivity contribution in [3.63, 3.8) is 0 Å². The highest BCUT2D eigenvalue weighted by atomic mass is 16.5. The summed E-state index contributed by atoms with van der Waals surface area (Å²) in [5.74, 6) is 0.0437. The number of benzene rings is 1. The summed E-state index contributed by atoms with van der Waals surface area (Å²) in [5.41, 5.74) is 7.69. The molecule has 3 N–H and O–H groups in total. The van der Waals surface area contributed by atoms with E-state index in [-0.39, 0.29) is 13.0 Å². The van der Waals surface area contributed by atoms with Gasteiger partial charge in [0.05, 0.1) is 13.5 Å². The Morgan fingerprint density at radius 1 is 1.30 bits per heavy atom. The maximum absolute atomic E-state index is 11.5. The number of nitrogens with two attached hydrogens (primary N) is 1. The lowest BCUT2D eigenvalue weighted by atomic mass is 10.3. The minimum absolute atomic E-state index is 0.00630. The van der Waals surface area contributed by atoms with Gasteiger partial charge in [0.1, 0.15) is 0 Å². The van der Waals surface area contributed by atoms with E-state index in [0.717, 1.165) is 0 Å². The second kappa shape index (κ2) is 7.78. The highest BCUT2D eigenvalue weighted by Gasteiger charge is 2.06. The van der Waals surface area contributed by atoms with Crippen molar-refractivity contribution in [2.75, 3.05) is 13.7 Å². The fourth-order valence-corrected chi connectivity index (χ4v) is 1.36. The van der Waals surface area contributed by atoms with E-state index in [2.05, 4.69) is 10.5 Å². The molecule has 108 valence electrons. The number of hydrazone groups is 1. The van der Waals surface area contributed by atoms with Crippen LogP contribution in [0.2, 0.25) is 0 Å². The minimum Gasteiger partial charge on any atom is -0.493 e. The van der Waals surface area contributed by atoms with Gasteiger partial charge in [-0.25, -0.2) is 5.43 Å². The minimum atomic E-state index is -0.509. The molecule has 0 fully saturated rings. The van der Waals surface area contributed by atoms with Crippen LogP contribution in [0.25, 0.3) is 0 Å². The number of primary amides is 1. The summed E-state index contributed by atoms with van der Waals surface area (Å²) in [4.78, 5) is 22.1. The van der Waals surface area contributed by atoms with Gasteiger partial charge in [-0.2, -0.15) is 5.10 Å².